The van der Waals surface area contributed by atoms with Crippen LogP contribution in [0.25, 0.3) is 38.8 Å². The van der Waals surface area contributed by atoms with Crippen molar-refractivity contribution in [1.29, 1.82) is 0 Å². The quantitative estimate of drug-likeness (QED) is 0.362. The zero-order chi connectivity index (χ0) is 20.0. The van der Waals surface area contributed by atoms with Crippen molar-refractivity contribution in [3.8, 4) is 16.9 Å². The predicted octanol–water partition coefficient (Wildman–Crippen LogP) is 6.32. The normalized spacial score (nSPS) is 11.6. The summed E-state index contributed by atoms with van der Waals surface area (Å²) in [5.41, 5.74) is 1.92. The third kappa shape index (κ3) is 2.93. The van der Waals surface area contributed by atoms with Crippen LogP contribution in [0.2, 0.25) is 0 Å². The fourth-order valence-electron chi connectivity index (χ4n) is 3.56. The number of fused-ring (bicyclic) bond motifs is 2. The van der Waals surface area contributed by atoms with E-state index in [9.17, 15) is 13.2 Å². The highest BCUT2D eigenvalue weighted by molar-refractivity contribution is 5.97. The molecule has 0 amide bonds. The van der Waals surface area contributed by atoms with Gasteiger partial charge in [-0.05, 0) is 41.1 Å². The van der Waals surface area contributed by atoms with Gasteiger partial charge in [-0.1, -0.05) is 42.5 Å². The van der Waals surface area contributed by atoms with Gasteiger partial charge in [-0.2, -0.15) is 5.10 Å². The number of hydrogen-bond acceptors (Lipinski definition) is 2. The van der Waals surface area contributed by atoms with Crippen molar-refractivity contribution in [3.63, 3.8) is 0 Å². The van der Waals surface area contributed by atoms with Crippen molar-refractivity contribution in [3.05, 3.63) is 90.4 Å². The van der Waals surface area contributed by atoms with Crippen LogP contribution in [0, 0.1) is 5.82 Å². The summed E-state index contributed by atoms with van der Waals surface area (Å²) in [6.07, 6.45) is -1.31. The van der Waals surface area contributed by atoms with Crippen molar-refractivity contribution >= 4 is 21.8 Å². The molecule has 0 aliphatic heterocycles. The SMILES string of the molecule is Fc1ccc(-n2ncc3c(C(F)F)cc(-c4cccc5ccccc45)nc32)cc1. The van der Waals surface area contributed by atoms with E-state index in [1.807, 2.05) is 42.5 Å². The van der Waals surface area contributed by atoms with Crippen LogP contribution in [0.3, 0.4) is 0 Å². The molecule has 0 saturated heterocycles. The highest BCUT2D eigenvalue weighted by atomic mass is 19.3. The number of hydrogen-bond donors (Lipinski definition) is 0. The van der Waals surface area contributed by atoms with Crippen LogP contribution in [-0.2, 0) is 0 Å². The molecule has 0 fully saturated rings. The van der Waals surface area contributed by atoms with Gasteiger partial charge in [-0.25, -0.2) is 22.8 Å². The van der Waals surface area contributed by atoms with Crippen LogP contribution in [-0.4, -0.2) is 14.8 Å². The van der Waals surface area contributed by atoms with Crippen LogP contribution < -0.4 is 0 Å². The maximum atomic E-state index is 13.9. The maximum absolute atomic E-state index is 13.9. The van der Waals surface area contributed by atoms with Crippen molar-refractivity contribution < 1.29 is 13.2 Å². The first-order valence-electron chi connectivity index (χ1n) is 9.03. The molecule has 0 spiro atoms. The summed E-state index contributed by atoms with van der Waals surface area (Å²) >= 11 is 0. The summed E-state index contributed by atoms with van der Waals surface area (Å²) in [6.45, 7) is 0. The Hall–Kier alpha value is -3.67. The van der Waals surface area contributed by atoms with Crippen LogP contribution in [0.1, 0.15) is 12.0 Å². The van der Waals surface area contributed by atoms with E-state index in [4.69, 9.17) is 0 Å². The predicted molar refractivity (Wildman–Crippen MR) is 107 cm³/mol. The molecule has 3 aromatic carbocycles. The van der Waals surface area contributed by atoms with E-state index in [1.165, 1.54) is 41.2 Å². The average Bonchev–Trinajstić information content (AvgIpc) is 3.17. The van der Waals surface area contributed by atoms with E-state index in [0.717, 1.165) is 16.3 Å². The van der Waals surface area contributed by atoms with Gasteiger partial charge in [0, 0.05) is 16.5 Å². The molecule has 3 nitrogen and oxygen atoms in total. The van der Waals surface area contributed by atoms with Crippen LogP contribution in [0.15, 0.2) is 79.0 Å². The Balaban J connectivity index is 1.80. The van der Waals surface area contributed by atoms with E-state index < -0.39 is 6.43 Å². The van der Waals surface area contributed by atoms with Gasteiger partial charge in [-0.15, -0.1) is 0 Å². The minimum atomic E-state index is -2.68. The second-order valence-electron chi connectivity index (χ2n) is 6.69. The minimum absolute atomic E-state index is 0.133. The topological polar surface area (TPSA) is 30.7 Å². The molecule has 0 aliphatic rings. The number of halogens is 3. The lowest BCUT2D eigenvalue weighted by Crippen LogP contribution is -2.00. The van der Waals surface area contributed by atoms with Crippen LogP contribution in [0.4, 0.5) is 13.2 Å². The van der Waals surface area contributed by atoms with Gasteiger partial charge in [0.05, 0.1) is 17.6 Å². The Kier molecular flexibility index (Phi) is 4.05. The van der Waals surface area contributed by atoms with Gasteiger partial charge in [0.2, 0.25) is 0 Å². The number of pyridine rings is 1. The zero-order valence-corrected chi connectivity index (χ0v) is 15.1. The summed E-state index contributed by atoms with van der Waals surface area (Å²) in [7, 11) is 0. The molecular weight excluding hydrogens is 375 g/mol. The standard InChI is InChI=1S/C23H14F3N3/c24-15-8-10-16(11-9-15)29-23-20(13-27-29)19(22(25)26)12-21(28-23)18-7-3-5-14-4-1-2-6-17(14)18/h1-13,22H. The van der Waals surface area contributed by atoms with Crippen LogP contribution in [0.5, 0.6) is 0 Å². The lowest BCUT2D eigenvalue weighted by molar-refractivity contribution is 0.153. The van der Waals surface area contributed by atoms with E-state index in [0.29, 0.717) is 17.0 Å². The second-order valence-corrected chi connectivity index (χ2v) is 6.69. The third-order valence-corrected chi connectivity index (χ3v) is 4.95. The Labute approximate surface area is 164 Å². The molecule has 29 heavy (non-hydrogen) atoms. The van der Waals surface area contributed by atoms with Crippen molar-refractivity contribution in [2.24, 2.45) is 0 Å². The van der Waals surface area contributed by atoms with Gasteiger partial charge in [0.25, 0.3) is 6.43 Å². The number of benzene rings is 3. The number of rotatable bonds is 3. The summed E-state index contributed by atoms with van der Waals surface area (Å²) < 4.78 is 42.5. The molecule has 0 atom stereocenters. The van der Waals surface area contributed by atoms with E-state index in [-0.39, 0.29) is 16.8 Å². The minimum Gasteiger partial charge on any atom is -0.228 e. The molecule has 2 heterocycles. The molecular formula is C23H14F3N3. The van der Waals surface area contributed by atoms with E-state index in [1.54, 1.807) is 0 Å². The van der Waals surface area contributed by atoms with Crippen molar-refractivity contribution in [1.82, 2.24) is 14.8 Å². The maximum Gasteiger partial charge on any atom is 0.264 e. The fourth-order valence-corrected chi connectivity index (χ4v) is 3.56. The van der Waals surface area contributed by atoms with Gasteiger partial charge in [-0.3, -0.25) is 0 Å². The van der Waals surface area contributed by atoms with Crippen molar-refractivity contribution in [2.45, 2.75) is 6.43 Å². The molecule has 6 heteroatoms. The number of alkyl halides is 2. The number of nitrogens with zero attached hydrogens (tertiary/aromatic N) is 3. The molecule has 2 aromatic heterocycles. The lowest BCUT2D eigenvalue weighted by atomic mass is 10.0. The zero-order valence-electron chi connectivity index (χ0n) is 15.1. The Bertz CT molecular complexity index is 1340. The van der Waals surface area contributed by atoms with Gasteiger partial charge < -0.3 is 0 Å². The first kappa shape index (κ1) is 17.4. The highest BCUT2D eigenvalue weighted by Crippen LogP contribution is 2.34. The van der Waals surface area contributed by atoms with E-state index in [2.05, 4.69) is 10.1 Å². The molecule has 0 N–H and O–H groups in total. The first-order chi connectivity index (χ1) is 14.1. The molecule has 5 aromatic rings. The van der Waals surface area contributed by atoms with E-state index >= 15 is 0 Å². The molecule has 0 bridgehead atoms. The third-order valence-electron chi connectivity index (χ3n) is 4.95. The molecule has 5 rings (SSSR count). The fraction of sp³-hybridized carbons (Fsp3) is 0.0435. The van der Waals surface area contributed by atoms with Crippen molar-refractivity contribution in [2.75, 3.05) is 0 Å². The highest BCUT2D eigenvalue weighted by Gasteiger charge is 2.19. The number of aromatic nitrogens is 3. The molecule has 0 aliphatic carbocycles. The van der Waals surface area contributed by atoms with Gasteiger partial charge >= 0.3 is 0 Å². The largest absolute Gasteiger partial charge is 0.264 e. The summed E-state index contributed by atoms with van der Waals surface area (Å²) in [6, 6.07) is 20.5. The second kappa shape index (κ2) is 6.74. The molecule has 0 unspecified atom stereocenters. The Morgan fingerprint density at radius 1 is 0.828 bits per heavy atom. The summed E-state index contributed by atoms with van der Waals surface area (Å²) in [5.74, 6) is -0.386. The lowest BCUT2D eigenvalue weighted by Gasteiger charge is -2.10. The Morgan fingerprint density at radius 2 is 1.59 bits per heavy atom. The van der Waals surface area contributed by atoms with Crippen LogP contribution >= 0.6 is 0 Å². The average molecular weight is 389 g/mol. The first-order valence-corrected chi connectivity index (χ1v) is 9.03. The smallest absolute Gasteiger partial charge is 0.228 e. The summed E-state index contributed by atoms with van der Waals surface area (Å²) in [4.78, 5) is 4.67. The van der Waals surface area contributed by atoms with Gasteiger partial charge in [0.1, 0.15) is 5.82 Å². The van der Waals surface area contributed by atoms with Gasteiger partial charge in [0.15, 0.2) is 5.65 Å². The molecule has 0 saturated carbocycles. The Morgan fingerprint density at radius 3 is 2.38 bits per heavy atom. The monoisotopic (exact) mass is 389 g/mol. The summed E-state index contributed by atoms with van der Waals surface area (Å²) in [5, 5.41) is 6.43. The molecule has 0 radical (unpaired) electrons. The molecule has 142 valence electrons.